The molecule has 0 aliphatic heterocycles. The molecule has 168 valence electrons. The monoisotopic (exact) mass is 452 g/mol. The van der Waals surface area contributed by atoms with Crippen LogP contribution in [0.1, 0.15) is 44.2 Å². The van der Waals surface area contributed by atoms with Gasteiger partial charge in [0.1, 0.15) is 11.6 Å². The second kappa shape index (κ2) is 10.7. The molecule has 3 aromatic rings. The molecule has 0 amide bonds. The number of pyridine rings is 1. The van der Waals surface area contributed by atoms with Crippen molar-refractivity contribution in [3.8, 4) is 0 Å². The molecule has 2 heterocycles. The van der Waals surface area contributed by atoms with E-state index in [0.717, 1.165) is 36.3 Å². The van der Waals surface area contributed by atoms with Crippen molar-refractivity contribution in [2.24, 2.45) is 11.7 Å². The van der Waals surface area contributed by atoms with Crippen molar-refractivity contribution < 1.29 is 4.39 Å². The number of halogens is 1. The maximum absolute atomic E-state index is 14.6. The molecule has 32 heavy (non-hydrogen) atoms. The van der Waals surface area contributed by atoms with E-state index in [0.29, 0.717) is 28.4 Å². The number of nitrogens with one attached hydrogen (secondary N) is 1. The van der Waals surface area contributed by atoms with Crippen molar-refractivity contribution in [3.63, 3.8) is 0 Å². The summed E-state index contributed by atoms with van der Waals surface area (Å²) in [6, 6.07) is 11.0. The summed E-state index contributed by atoms with van der Waals surface area (Å²) in [6.07, 6.45) is 11.2. The van der Waals surface area contributed by atoms with Crippen LogP contribution in [-0.4, -0.2) is 21.0 Å². The van der Waals surface area contributed by atoms with Gasteiger partial charge in [0.25, 0.3) is 0 Å². The van der Waals surface area contributed by atoms with E-state index < -0.39 is 0 Å². The Morgan fingerprint density at radius 1 is 1.06 bits per heavy atom. The predicted molar refractivity (Wildman–Crippen MR) is 127 cm³/mol. The van der Waals surface area contributed by atoms with E-state index in [2.05, 4.69) is 20.3 Å². The minimum absolute atomic E-state index is 0.213. The Morgan fingerprint density at radius 3 is 2.66 bits per heavy atom. The summed E-state index contributed by atoms with van der Waals surface area (Å²) in [6.45, 7) is 0. The van der Waals surface area contributed by atoms with Gasteiger partial charge in [0.05, 0.1) is 0 Å². The number of anilines is 3. The van der Waals surface area contributed by atoms with Crippen molar-refractivity contribution in [3.05, 3.63) is 60.3 Å². The number of hydrogen-bond donors (Lipinski definition) is 3. The number of aromatic nitrogens is 3. The maximum atomic E-state index is 14.6. The molecule has 5 N–H and O–H groups in total. The summed E-state index contributed by atoms with van der Waals surface area (Å²) < 4.78 is 14.6. The average molecular weight is 453 g/mol. The third-order valence-electron chi connectivity index (χ3n) is 5.85. The molecule has 1 saturated carbocycles. The van der Waals surface area contributed by atoms with Crippen LogP contribution in [-0.2, 0) is 6.42 Å². The first-order chi connectivity index (χ1) is 15.6. The molecule has 1 unspecified atom stereocenters. The first-order valence-electron chi connectivity index (χ1n) is 11.1. The zero-order chi connectivity index (χ0) is 22.3. The van der Waals surface area contributed by atoms with E-state index in [1.807, 2.05) is 24.3 Å². The van der Waals surface area contributed by atoms with E-state index in [9.17, 15) is 4.39 Å². The van der Waals surface area contributed by atoms with Gasteiger partial charge in [-0.1, -0.05) is 24.6 Å². The van der Waals surface area contributed by atoms with Crippen LogP contribution in [0.4, 0.5) is 21.8 Å². The molecule has 0 spiro atoms. The highest BCUT2D eigenvalue weighted by Gasteiger charge is 2.21. The van der Waals surface area contributed by atoms with Gasteiger partial charge in [-0.3, -0.25) is 4.98 Å². The third-order valence-corrected chi connectivity index (χ3v) is 6.91. The van der Waals surface area contributed by atoms with Gasteiger partial charge in [-0.25, -0.2) is 9.37 Å². The van der Waals surface area contributed by atoms with E-state index >= 15 is 0 Å². The lowest BCUT2D eigenvalue weighted by atomic mass is 9.82. The molecular weight excluding hydrogens is 423 g/mol. The lowest BCUT2D eigenvalue weighted by Crippen LogP contribution is -2.32. The minimum atomic E-state index is -0.303. The molecular formula is C24H29FN6S. The quantitative estimate of drug-likeness (QED) is 0.424. The predicted octanol–water partition coefficient (Wildman–Crippen LogP) is 5.33. The Hall–Kier alpha value is -2.71. The van der Waals surface area contributed by atoms with E-state index in [-0.39, 0.29) is 11.8 Å². The highest BCUT2D eigenvalue weighted by molar-refractivity contribution is 7.99. The second-order valence-corrected chi connectivity index (χ2v) is 9.37. The third kappa shape index (κ3) is 6.17. The topological polar surface area (TPSA) is 103 Å². The zero-order valence-corrected chi connectivity index (χ0v) is 18.8. The Bertz CT molecular complexity index is 1030. The van der Waals surface area contributed by atoms with Crippen LogP contribution in [0.3, 0.4) is 0 Å². The molecule has 0 bridgehead atoms. The summed E-state index contributed by atoms with van der Waals surface area (Å²) in [5, 5.41) is 3.15. The van der Waals surface area contributed by atoms with E-state index in [4.69, 9.17) is 11.5 Å². The smallest absolute Gasteiger partial charge is 0.222 e. The summed E-state index contributed by atoms with van der Waals surface area (Å²) >= 11 is 1.36. The van der Waals surface area contributed by atoms with Crippen LogP contribution in [0, 0.1) is 11.7 Å². The van der Waals surface area contributed by atoms with Crippen LogP contribution in [0.2, 0.25) is 0 Å². The molecule has 1 aromatic carbocycles. The van der Waals surface area contributed by atoms with Crippen LogP contribution in [0.15, 0.2) is 58.6 Å². The van der Waals surface area contributed by atoms with Crippen molar-refractivity contribution in [2.75, 3.05) is 11.1 Å². The van der Waals surface area contributed by atoms with E-state index in [1.54, 1.807) is 18.5 Å². The molecule has 0 saturated heterocycles. The molecule has 1 aliphatic carbocycles. The van der Waals surface area contributed by atoms with Gasteiger partial charge in [-0.05, 0) is 68.4 Å². The van der Waals surface area contributed by atoms with Crippen molar-refractivity contribution >= 4 is 29.2 Å². The molecule has 0 radical (unpaired) electrons. The highest BCUT2D eigenvalue weighted by Crippen LogP contribution is 2.31. The van der Waals surface area contributed by atoms with Crippen LogP contribution in [0.25, 0.3) is 0 Å². The zero-order valence-electron chi connectivity index (χ0n) is 18.0. The van der Waals surface area contributed by atoms with Crippen LogP contribution < -0.4 is 16.8 Å². The minimum Gasteiger partial charge on any atom is -0.368 e. The Kier molecular flexibility index (Phi) is 7.55. The molecule has 1 aliphatic rings. The number of nitrogens with zero attached hydrogens (tertiary/aromatic N) is 3. The number of hydrogen-bond acceptors (Lipinski definition) is 7. The standard InChI is InChI=1S/C24H29FN6S/c25-20-14-18(8-9-22(20)32-19-10-12-28-13-11-19)29-23-15-17(30-24(27)31-23)6-3-5-16-4-1-2-7-21(16)26/h8-16,21H,1-7,26H2,(H3,27,29,30,31)/t16?,21-/m0/s1. The Balaban J connectivity index is 1.37. The van der Waals surface area contributed by atoms with Crippen LogP contribution in [0.5, 0.6) is 0 Å². The largest absolute Gasteiger partial charge is 0.368 e. The molecule has 2 aromatic heterocycles. The van der Waals surface area contributed by atoms with Gasteiger partial charge in [-0.2, -0.15) is 4.98 Å². The lowest BCUT2D eigenvalue weighted by Gasteiger charge is -2.28. The van der Waals surface area contributed by atoms with Gasteiger partial charge in [-0.15, -0.1) is 0 Å². The Morgan fingerprint density at radius 2 is 1.88 bits per heavy atom. The summed E-state index contributed by atoms with van der Waals surface area (Å²) in [7, 11) is 0. The first kappa shape index (κ1) is 22.5. The summed E-state index contributed by atoms with van der Waals surface area (Å²) in [5.41, 5.74) is 13.7. The maximum Gasteiger partial charge on any atom is 0.222 e. The molecule has 8 heteroatoms. The van der Waals surface area contributed by atoms with Gasteiger partial charge in [0.2, 0.25) is 5.95 Å². The first-order valence-corrected chi connectivity index (χ1v) is 11.9. The summed E-state index contributed by atoms with van der Waals surface area (Å²) in [5.74, 6) is 1.08. The molecule has 1 fully saturated rings. The fraction of sp³-hybridized carbons (Fsp3) is 0.375. The van der Waals surface area contributed by atoms with Gasteiger partial charge >= 0.3 is 0 Å². The number of nitrogens with two attached hydrogens (primary N) is 2. The van der Waals surface area contributed by atoms with Crippen molar-refractivity contribution in [1.82, 2.24) is 15.0 Å². The van der Waals surface area contributed by atoms with Gasteiger partial charge < -0.3 is 16.8 Å². The molecule has 4 rings (SSSR count). The number of benzene rings is 1. The average Bonchev–Trinajstić information content (AvgIpc) is 2.77. The second-order valence-electron chi connectivity index (χ2n) is 8.26. The van der Waals surface area contributed by atoms with Crippen molar-refractivity contribution in [1.29, 1.82) is 0 Å². The van der Waals surface area contributed by atoms with E-state index in [1.165, 1.54) is 37.1 Å². The molecule has 2 atom stereocenters. The van der Waals surface area contributed by atoms with Gasteiger partial charge in [0.15, 0.2) is 0 Å². The Labute approximate surface area is 192 Å². The number of nitrogen functional groups attached to an aromatic ring is 1. The van der Waals surface area contributed by atoms with Crippen molar-refractivity contribution in [2.45, 2.75) is 60.8 Å². The number of rotatable bonds is 8. The lowest BCUT2D eigenvalue weighted by molar-refractivity contribution is 0.286. The fourth-order valence-corrected chi connectivity index (χ4v) is 5.00. The van der Waals surface area contributed by atoms with Gasteiger partial charge in [0, 0.05) is 45.7 Å². The van der Waals surface area contributed by atoms with Crippen LogP contribution >= 0.6 is 11.8 Å². The normalized spacial score (nSPS) is 18.4. The summed E-state index contributed by atoms with van der Waals surface area (Å²) in [4.78, 5) is 14.1. The molecule has 6 nitrogen and oxygen atoms in total. The highest BCUT2D eigenvalue weighted by atomic mass is 32.2. The fourth-order valence-electron chi connectivity index (χ4n) is 4.19. The number of aryl methyl sites for hydroxylation is 1. The SMILES string of the molecule is Nc1nc(CCCC2CCCC[C@@H]2N)cc(Nc2ccc(Sc3ccncc3)c(F)c2)n1.